The van der Waals surface area contributed by atoms with Crippen molar-refractivity contribution in [3.63, 3.8) is 0 Å². The van der Waals surface area contributed by atoms with Gasteiger partial charge in [0.25, 0.3) is 5.69 Å². The molecule has 0 saturated heterocycles. The van der Waals surface area contributed by atoms with Gasteiger partial charge >= 0.3 is 11.8 Å². The largest absolute Gasteiger partial charge is 0.348 e. The molecule has 2 amide bonds. The SMILES string of the molecule is CCNC(=O)C(=O)Nc1ccccc1[N+](=O)[O-]. The second-order valence-corrected chi connectivity index (χ2v) is 3.09. The van der Waals surface area contributed by atoms with Crippen LogP contribution in [0.1, 0.15) is 6.92 Å². The monoisotopic (exact) mass is 237 g/mol. The van der Waals surface area contributed by atoms with Crippen molar-refractivity contribution in [1.29, 1.82) is 0 Å². The van der Waals surface area contributed by atoms with Gasteiger partial charge in [0.2, 0.25) is 0 Å². The summed E-state index contributed by atoms with van der Waals surface area (Å²) in [6.07, 6.45) is 0. The molecule has 0 atom stereocenters. The zero-order chi connectivity index (χ0) is 12.8. The quantitative estimate of drug-likeness (QED) is 0.458. The van der Waals surface area contributed by atoms with E-state index in [1.165, 1.54) is 24.3 Å². The van der Waals surface area contributed by atoms with Gasteiger partial charge in [0.15, 0.2) is 0 Å². The number of anilines is 1. The molecule has 1 aromatic carbocycles. The third-order valence-corrected chi connectivity index (χ3v) is 1.89. The van der Waals surface area contributed by atoms with Crippen LogP contribution in [0.15, 0.2) is 24.3 Å². The fourth-order valence-corrected chi connectivity index (χ4v) is 1.16. The maximum Gasteiger partial charge on any atom is 0.313 e. The number of nitro benzene ring substituents is 1. The molecule has 0 aromatic heterocycles. The molecule has 0 unspecified atom stereocenters. The lowest BCUT2D eigenvalue weighted by Crippen LogP contribution is -2.35. The highest BCUT2D eigenvalue weighted by Gasteiger charge is 2.18. The predicted octanol–water partition coefficient (Wildman–Crippen LogP) is 0.669. The fraction of sp³-hybridized carbons (Fsp3) is 0.200. The number of nitro groups is 1. The molecule has 1 aromatic rings. The summed E-state index contributed by atoms with van der Waals surface area (Å²) in [6, 6.07) is 5.60. The number of carbonyl (C=O) groups is 2. The Labute approximate surface area is 97.0 Å². The summed E-state index contributed by atoms with van der Waals surface area (Å²) in [5, 5.41) is 15.1. The Kier molecular flexibility index (Phi) is 4.15. The number of amides is 2. The molecular formula is C10H11N3O4. The average molecular weight is 237 g/mol. The Bertz CT molecular complexity index is 459. The second kappa shape index (κ2) is 5.59. The van der Waals surface area contributed by atoms with E-state index in [1.54, 1.807) is 6.92 Å². The van der Waals surface area contributed by atoms with Gasteiger partial charge in [-0.25, -0.2) is 0 Å². The number of para-hydroxylation sites is 2. The van der Waals surface area contributed by atoms with Crippen molar-refractivity contribution in [2.75, 3.05) is 11.9 Å². The van der Waals surface area contributed by atoms with Gasteiger partial charge in [-0.2, -0.15) is 0 Å². The van der Waals surface area contributed by atoms with Crippen LogP contribution in [-0.4, -0.2) is 23.3 Å². The number of benzene rings is 1. The van der Waals surface area contributed by atoms with E-state index >= 15 is 0 Å². The third kappa shape index (κ3) is 3.26. The van der Waals surface area contributed by atoms with Crippen molar-refractivity contribution in [3.05, 3.63) is 34.4 Å². The molecule has 17 heavy (non-hydrogen) atoms. The Morgan fingerprint density at radius 3 is 2.53 bits per heavy atom. The molecule has 0 saturated carbocycles. The predicted molar refractivity (Wildman–Crippen MR) is 60.4 cm³/mol. The van der Waals surface area contributed by atoms with Crippen molar-refractivity contribution >= 4 is 23.2 Å². The van der Waals surface area contributed by atoms with E-state index in [0.29, 0.717) is 6.54 Å². The molecule has 0 aliphatic rings. The summed E-state index contributed by atoms with van der Waals surface area (Å²) < 4.78 is 0. The third-order valence-electron chi connectivity index (χ3n) is 1.89. The number of nitrogens with one attached hydrogen (secondary N) is 2. The van der Waals surface area contributed by atoms with Gasteiger partial charge in [0.05, 0.1) is 4.92 Å². The maximum atomic E-state index is 11.3. The van der Waals surface area contributed by atoms with Crippen LogP contribution in [0.3, 0.4) is 0 Å². The number of rotatable bonds is 3. The zero-order valence-corrected chi connectivity index (χ0v) is 9.10. The van der Waals surface area contributed by atoms with Crippen LogP contribution in [0.2, 0.25) is 0 Å². The van der Waals surface area contributed by atoms with Crippen LogP contribution >= 0.6 is 0 Å². The Hall–Kier alpha value is -2.44. The fourth-order valence-electron chi connectivity index (χ4n) is 1.16. The topological polar surface area (TPSA) is 101 Å². The molecule has 0 heterocycles. The van der Waals surface area contributed by atoms with Crippen molar-refractivity contribution in [2.45, 2.75) is 6.92 Å². The minimum atomic E-state index is -0.929. The summed E-state index contributed by atoms with van der Waals surface area (Å²) in [4.78, 5) is 32.5. The van der Waals surface area contributed by atoms with E-state index in [4.69, 9.17) is 0 Å². The average Bonchev–Trinajstić information content (AvgIpc) is 2.29. The van der Waals surface area contributed by atoms with E-state index in [1.807, 2.05) is 0 Å². The number of likely N-dealkylation sites (N-methyl/N-ethyl adjacent to an activating group) is 1. The maximum absolute atomic E-state index is 11.3. The van der Waals surface area contributed by atoms with Gasteiger partial charge in [0, 0.05) is 12.6 Å². The van der Waals surface area contributed by atoms with Crippen LogP contribution in [-0.2, 0) is 9.59 Å². The molecule has 0 spiro atoms. The summed E-state index contributed by atoms with van der Waals surface area (Å²) in [5.41, 5.74) is -0.265. The van der Waals surface area contributed by atoms with E-state index < -0.39 is 16.7 Å². The summed E-state index contributed by atoms with van der Waals surface area (Å²) >= 11 is 0. The first kappa shape index (κ1) is 12.6. The van der Waals surface area contributed by atoms with Crippen LogP contribution in [0.4, 0.5) is 11.4 Å². The molecular weight excluding hydrogens is 226 g/mol. The van der Waals surface area contributed by atoms with Crippen molar-refractivity contribution in [1.82, 2.24) is 5.32 Å². The molecule has 1 rings (SSSR count). The lowest BCUT2D eigenvalue weighted by Gasteiger charge is -2.05. The first-order chi connectivity index (χ1) is 8.06. The molecule has 2 N–H and O–H groups in total. The van der Waals surface area contributed by atoms with Crippen LogP contribution in [0, 0.1) is 10.1 Å². The number of nitrogens with zero attached hydrogens (tertiary/aromatic N) is 1. The minimum absolute atomic E-state index is 0.00578. The molecule has 0 aliphatic heterocycles. The lowest BCUT2D eigenvalue weighted by atomic mass is 10.2. The summed E-state index contributed by atoms with van der Waals surface area (Å²) in [5.74, 6) is -1.76. The summed E-state index contributed by atoms with van der Waals surface area (Å²) in [6.45, 7) is 1.97. The molecule has 90 valence electrons. The van der Waals surface area contributed by atoms with E-state index in [9.17, 15) is 19.7 Å². The zero-order valence-electron chi connectivity index (χ0n) is 9.10. The second-order valence-electron chi connectivity index (χ2n) is 3.09. The Morgan fingerprint density at radius 1 is 1.29 bits per heavy atom. The number of hydrogen-bond acceptors (Lipinski definition) is 4. The van der Waals surface area contributed by atoms with E-state index in [0.717, 1.165) is 0 Å². The number of carbonyl (C=O) groups excluding carboxylic acids is 2. The van der Waals surface area contributed by atoms with E-state index in [2.05, 4.69) is 10.6 Å². The normalized spacial score (nSPS) is 9.47. The van der Waals surface area contributed by atoms with Gasteiger partial charge in [-0.1, -0.05) is 12.1 Å². The lowest BCUT2D eigenvalue weighted by molar-refractivity contribution is -0.383. The molecule has 7 heteroatoms. The van der Waals surface area contributed by atoms with Crippen LogP contribution in [0.25, 0.3) is 0 Å². The van der Waals surface area contributed by atoms with Gasteiger partial charge < -0.3 is 10.6 Å². The van der Waals surface area contributed by atoms with Crippen LogP contribution < -0.4 is 10.6 Å². The first-order valence-electron chi connectivity index (χ1n) is 4.89. The van der Waals surface area contributed by atoms with Gasteiger partial charge in [-0.3, -0.25) is 19.7 Å². The first-order valence-corrected chi connectivity index (χ1v) is 4.89. The van der Waals surface area contributed by atoms with Crippen LogP contribution in [0.5, 0.6) is 0 Å². The van der Waals surface area contributed by atoms with Gasteiger partial charge in [0.1, 0.15) is 5.69 Å². The summed E-state index contributed by atoms with van der Waals surface area (Å²) in [7, 11) is 0. The molecule has 7 nitrogen and oxygen atoms in total. The highest BCUT2D eigenvalue weighted by Crippen LogP contribution is 2.22. The highest BCUT2D eigenvalue weighted by atomic mass is 16.6. The molecule has 0 bridgehead atoms. The van der Waals surface area contributed by atoms with Gasteiger partial charge in [-0.05, 0) is 13.0 Å². The van der Waals surface area contributed by atoms with Crippen molar-refractivity contribution < 1.29 is 14.5 Å². The molecule has 0 fully saturated rings. The standard InChI is InChI=1S/C10H11N3O4/c1-2-11-9(14)10(15)12-7-5-3-4-6-8(7)13(16)17/h3-6H,2H2,1H3,(H,11,14)(H,12,15). The molecule has 0 radical (unpaired) electrons. The van der Waals surface area contributed by atoms with Gasteiger partial charge in [-0.15, -0.1) is 0 Å². The minimum Gasteiger partial charge on any atom is -0.348 e. The van der Waals surface area contributed by atoms with Crippen molar-refractivity contribution in [2.24, 2.45) is 0 Å². The molecule has 0 aliphatic carbocycles. The Balaban J connectivity index is 2.85. The smallest absolute Gasteiger partial charge is 0.313 e. The Morgan fingerprint density at radius 2 is 1.94 bits per heavy atom. The van der Waals surface area contributed by atoms with E-state index in [-0.39, 0.29) is 11.4 Å². The van der Waals surface area contributed by atoms with Crippen molar-refractivity contribution in [3.8, 4) is 0 Å². The highest BCUT2D eigenvalue weighted by molar-refractivity contribution is 6.39. The number of hydrogen-bond donors (Lipinski definition) is 2.